The predicted octanol–water partition coefficient (Wildman–Crippen LogP) is 2.93. The van der Waals surface area contributed by atoms with E-state index < -0.39 is 5.97 Å². The molecule has 1 N–H and O–H groups in total. The van der Waals surface area contributed by atoms with E-state index in [-0.39, 0.29) is 5.69 Å². The Bertz CT molecular complexity index is 428. The highest BCUT2D eigenvalue weighted by Crippen LogP contribution is 2.24. The van der Waals surface area contributed by atoms with Crippen LogP contribution in [0.25, 0.3) is 0 Å². The largest absolute Gasteiger partial charge is 0.477 e. The first-order valence-electron chi connectivity index (χ1n) is 7.13. The van der Waals surface area contributed by atoms with E-state index in [1.807, 2.05) is 12.1 Å². The second-order valence-electron chi connectivity index (χ2n) is 5.17. The number of hydrogen-bond donors (Lipinski definition) is 1. The van der Waals surface area contributed by atoms with Crippen LogP contribution >= 0.6 is 0 Å². The van der Waals surface area contributed by atoms with Crippen LogP contribution in [0.4, 0.5) is 0 Å². The second kappa shape index (κ2) is 6.66. The fraction of sp³-hybridized carbons (Fsp3) is 0.600. The summed E-state index contributed by atoms with van der Waals surface area (Å²) in [5, 5.41) is 9.18. The molecule has 1 aromatic heterocycles. The lowest BCUT2D eigenvalue weighted by atomic mass is 9.94. The number of carbonyl (C=O) groups is 1. The van der Waals surface area contributed by atoms with Crippen LogP contribution in [0, 0.1) is 0 Å². The van der Waals surface area contributed by atoms with Crippen LogP contribution in [-0.2, 0) is 6.54 Å². The SMILES string of the molecule is CCN(Cc1cccnc1C(=O)O)C1CCCCC1. The summed E-state index contributed by atoms with van der Waals surface area (Å²) in [6.45, 7) is 3.79. The van der Waals surface area contributed by atoms with E-state index in [4.69, 9.17) is 0 Å². The number of carboxylic acid groups (broad SMARTS) is 1. The zero-order valence-corrected chi connectivity index (χ0v) is 11.5. The van der Waals surface area contributed by atoms with E-state index in [0.29, 0.717) is 12.6 Å². The zero-order valence-electron chi connectivity index (χ0n) is 11.5. The third kappa shape index (κ3) is 3.53. The summed E-state index contributed by atoms with van der Waals surface area (Å²) in [5.74, 6) is -0.935. The highest BCUT2D eigenvalue weighted by molar-refractivity contribution is 5.86. The summed E-state index contributed by atoms with van der Waals surface area (Å²) in [6, 6.07) is 4.29. The molecule has 0 saturated heterocycles. The topological polar surface area (TPSA) is 53.4 Å². The number of aromatic nitrogens is 1. The molecule has 1 aromatic rings. The maximum Gasteiger partial charge on any atom is 0.354 e. The maximum absolute atomic E-state index is 11.2. The summed E-state index contributed by atoms with van der Waals surface area (Å²) >= 11 is 0. The molecule has 4 nitrogen and oxygen atoms in total. The van der Waals surface area contributed by atoms with Gasteiger partial charge in [0.1, 0.15) is 0 Å². The molecule has 0 atom stereocenters. The minimum atomic E-state index is -0.935. The lowest BCUT2D eigenvalue weighted by molar-refractivity contribution is 0.0686. The molecule has 1 saturated carbocycles. The molecule has 0 radical (unpaired) electrons. The smallest absolute Gasteiger partial charge is 0.354 e. The first kappa shape index (κ1) is 14.0. The van der Waals surface area contributed by atoms with E-state index in [1.165, 1.54) is 32.1 Å². The van der Waals surface area contributed by atoms with Crippen molar-refractivity contribution in [2.24, 2.45) is 0 Å². The Morgan fingerprint density at radius 3 is 2.79 bits per heavy atom. The first-order chi connectivity index (χ1) is 9.22. The first-order valence-corrected chi connectivity index (χ1v) is 7.13. The van der Waals surface area contributed by atoms with Gasteiger partial charge in [-0.25, -0.2) is 9.78 Å². The number of aromatic carboxylic acids is 1. The Labute approximate surface area is 114 Å². The van der Waals surface area contributed by atoms with Crippen molar-refractivity contribution in [1.29, 1.82) is 0 Å². The molecule has 0 amide bonds. The standard InChI is InChI=1S/C15H22N2O2/c1-2-17(13-8-4-3-5-9-13)11-12-7-6-10-16-14(12)15(18)19/h6-7,10,13H,2-5,8-9,11H2,1H3,(H,18,19). The normalized spacial score (nSPS) is 16.7. The van der Waals surface area contributed by atoms with Crippen molar-refractivity contribution in [2.45, 2.75) is 51.6 Å². The molecule has 0 aliphatic heterocycles. The molecule has 19 heavy (non-hydrogen) atoms. The molecular weight excluding hydrogens is 240 g/mol. The Morgan fingerprint density at radius 2 is 2.16 bits per heavy atom. The Morgan fingerprint density at radius 1 is 1.42 bits per heavy atom. The van der Waals surface area contributed by atoms with Crippen LogP contribution in [0.3, 0.4) is 0 Å². The molecular formula is C15H22N2O2. The van der Waals surface area contributed by atoms with Gasteiger partial charge in [-0.05, 0) is 31.0 Å². The molecule has 1 aliphatic carbocycles. The van der Waals surface area contributed by atoms with Crippen LogP contribution in [0.15, 0.2) is 18.3 Å². The molecule has 1 aliphatic rings. The van der Waals surface area contributed by atoms with Crippen molar-refractivity contribution in [3.63, 3.8) is 0 Å². The van der Waals surface area contributed by atoms with Crippen molar-refractivity contribution in [3.8, 4) is 0 Å². The minimum Gasteiger partial charge on any atom is -0.477 e. The molecule has 4 heteroatoms. The van der Waals surface area contributed by atoms with Gasteiger partial charge >= 0.3 is 5.97 Å². The van der Waals surface area contributed by atoms with Crippen molar-refractivity contribution in [1.82, 2.24) is 9.88 Å². The quantitative estimate of drug-likeness (QED) is 0.886. The van der Waals surface area contributed by atoms with Crippen molar-refractivity contribution in [2.75, 3.05) is 6.54 Å². The highest BCUT2D eigenvalue weighted by atomic mass is 16.4. The van der Waals surface area contributed by atoms with Gasteiger partial charge in [0.05, 0.1) is 0 Å². The molecule has 1 heterocycles. The Balaban J connectivity index is 2.11. The van der Waals surface area contributed by atoms with Gasteiger partial charge < -0.3 is 5.11 Å². The number of carboxylic acids is 1. The Hall–Kier alpha value is -1.42. The Kier molecular flexibility index (Phi) is 4.91. The zero-order chi connectivity index (χ0) is 13.7. The van der Waals surface area contributed by atoms with Gasteiger partial charge in [-0.3, -0.25) is 4.90 Å². The van der Waals surface area contributed by atoms with Crippen LogP contribution in [-0.4, -0.2) is 33.5 Å². The fourth-order valence-electron chi connectivity index (χ4n) is 2.92. The van der Waals surface area contributed by atoms with E-state index in [1.54, 1.807) is 6.20 Å². The second-order valence-corrected chi connectivity index (χ2v) is 5.17. The molecule has 104 valence electrons. The average molecular weight is 262 g/mol. The molecule has 1 fully saturated rings. The molecule has 0 bridgehead atoms. The van der Waals surface area contributed by atoms with Gasteiger partial charge in [-0.2, -0.15) is 0 Å². The van der Waals surface area contributed by atoms with Gasteiger partial charge in [0.2, 0.25) is 0 Å². The van der Waals surface area contributed by atoms with Gasteiger partial charge in [0.15, 0.2) is 5.69 Å². The highest BCUT2D eigenvalue weighted by Gasteiger charge is 2.21. The average Bonchev–Trinajstić information content (AvgIpc) is 2.46. The lowest BCUT2D eigenvalue weighted by Crippen LogP contribution is -2.36. The lowest BCUT2D eigenvalue weighted by Gasteiger charge is -2.33. The van der Waals surface area contributed by atoms with E-state index in [2.05, 4.69) is 16.8 Å². The van der Waals surface area contributed by atoms with Crippen LogP contribution in [0.1, 0.15) is 55.1 Å². The van der Waals surface area contributed by atoms with E-state index >= 15 is 0 Å². The molecule has 0 unspecified atom stereocenters. The van der Waals surface area contributed by atoms with Crippen molar-refractivity contribution < 1.29 is 9.90 Å². The minimum absolute atomic E-state index is 0.191. The van der Waals surface area contributed by atoms with Gasteiger partial charge in [0.25, 0.3) is 0 Å². The van der Waals surface area contributed by atoms with Crippen molar-refractivity contribution in [3.05, 3.63) is 29.6 Å². The maximum atomic E-state index is 11.2. The van der Waals surface area contributed by atoms with Crippen molar-refractivity contribution >= 4 is 5.97 Å². The molecule has 2 rings (SSSR count). The third-order valence-electron chi connectivity index (χ3n) is 3.96. The van der Waals surface area contributed by atoms with Crippen LogP contribution < -0.4 is 0 Å². The fourth-order valence-corrected chi connectivity index (χ4v) is 2.92. The van der Waals surface area contributed by atoms with Gasteiger partial charge in [0, 0.05) is 18.8 Å². The summed E-state index contributed by atoms with van der Waals surface area (Å²) < 4.78 is 0. The van der Waals surface area contributed by atoms with Crippen LogP contribution in [0.2, 0.25) is 0 Å². The van der Waals surface area contributed by atoms with E-state index in [0.717, 1.165) is 12.1 Å². The van der Waals surface area contributed by atoms with Gasteiger partial charge in [-0.15, -0.1) is 0 Å². The summed E-state index contributed by atoms with van der Waals surface area (Å²) in [7, 11) is 0. The van der Waals surface area contributed by atoms with Crippen LogP contribution in [0.5, 0.6) is 0 Å². The molecule has 0 aromatic carbocycles. The number of pyridine rings is 1. The third-order valence-corrected chi connectivity index (χ3v) is 3.96. The summed E-state index contributed by atoms with van der Waals surface area (Å²) in [6.07, 6.45) is 7.93. The number of rotatable bonds is 5. The van der Waals surface area contributed by atoms with E-state index in [9.17, 15) is 9.90 Å². The number of nitrogens with zero attached hydrogens (tertiary/aromatic N) is 2. The monoisotopic (exact) mass is 262 g/mol. The summed E-state index contributed by atoms with van der Waals surface area (Å²) in [5.41, 5.74) is 1.01. The number of hydrogen-bond acceptors (Lipinski definition) is 3. The molecule has 0 spiro atoms. The van der Waals surface area contributed by atoms with Gasteiger partial charge in [-0.1, -0.05) is 32.3 Å². The predicted molar refractivity (Wildman–Crippen MR) is 74.2 cm³/mol. The summed E-state index contributed by atoms with van der Waals surface area (Å²) in [4.78, 5) is 17.6.